The van der Waals surface area contributed by atoms with E-state index in [1.807, 2.05) is 6.08 Å². The molecule has 67 heavy (non-hydrogen) atoms. The lowest BCUT2D eigenvalue weighted by Crippen LogP contribution is -2.41. The molecule has 0 aromatic rings. The van der Waals surface area contributed by atoms with Gasteiger partial charge in [0.2, 0.25) is 5.91 Å². The summed E-state index contributed by atoms with van der Waals surface area (Å²) in [5.74, 6) is 0.177. The van der Waals surface area contributed by atoms with Crippen molar-refractivity contribution in [3.63, 3.8) is 0 Å². The number of unbranched alkanes of at least 4 members (excludes halogenated alkanes) is 24. The minimum absolute atomic E-state index is 0.0160. The summed E-state index contributed by atoms with van der Waals surface area (Å²) < 4.78 is 5.77. The summed E-state index contributed by atoms with van der Waals surface area (Å²) in [6.07, 6.45) is 46.8. The molecule has 0 bridgehead atoms. The Balaban J connectivity index is 5.58. The highest BCUT2D eigenvalue weighted by molar-refractivity contribution is 5.86. The van der Waals surface area contributed by atoms with Gasteiger partial charge in [0.1, 0.15) is 0 Å². The quantitative estimate of drug-likeness (QED) is 0.0281. The highest BCUT2D eigenvalue weighted by atomic mass is 16.7. The number of esters is 1. The van der Waals surface area contributed by atoms with Gasteiger partial charge >= 0.3 is 11.9 Å². The summed E-state index contributed by atoms with van der Waals surface area (Å²) in [4.78, 5) is 47.9. The minimum Gasteiger partial charge on any atom is -0.478 e. The van der Waals surface area contributed by atoms with Crippen molar-refractivity contribution in [3.05, 3.63) is 11.6 Å². The van der Waals surface area contributed by atoms with Gasteiger partial charge in [-0.15, -0.1) is 0 Å². The molecule has 0 saturated heterocycles. The summed E-state index contributed by atoms with van der Waals surface area (Å²) in [7, 11) is 4.14. The zero-order chi connectivity index (χ0) is 49.4. The SMILES string of the molecule is CCCCCCCCCCC(CCCCC=C(CC(CCCCCC)CCCCCCCC)C(=O)O)N(OCCCN(C)C)C(=O)CCCCCCC(=O)OCC(CCCC)CCCCCC. The standard InChI is InChI=1S/C59H114N2O6/c1-8-13-18-22-24-25-27-35-45-56(46-36-30-34-44-55(59(64)65)51-53(41-31-20-15-10-3)42-33-26-23-19-14-9-2)61(67-50-39-49-60(6)7)57(62)47-37-28-29-38-48-58(63)66-52-54(40-17-12-5)43-32-21-16-11-4/h44,53-54,56H,8-43,45-52H2,1-7H3,(H,64,65). The van der Waals surface area contributed by atoms with Crippen LogP contribution in [0.5, 0.6) is 0 Å². The van der Waals surface area contributed by atoms with E-state index in [0.717, 1.165) is 103 Å². The van der Waals surface area contributed by atoms with Crippen LogP contribution in [0, 0.1) is 11.8 Å². The van der Waals surface area contributed by atoms with Crippen LogP contribution in [0.2, 0.25) is 0 Å². The second-order valence-electron chi connectivity index (χ2n) is 20.9. The molecule has 0 heterocycles. The molecule has 0 radical (unpaired) electrons. The Bertz CT molecular complexity index is 1140. The maximum absolute atomic E-state index is 14.1. The van der Waals surface area contributed by atoms with E-state index >= 15 is 0 Å². The van der Waals surface area contributed by atoms with Gasteiger partial charge in [-0.05, 0) is 96.7 Å². The lowest BCUT2D eigenvalue weighted by Gasteiger charge is -2.31. The van der Waals surface area contributed by atoms with E-state index < -0.39 is 5.97 Å². The van der Waals surface area contributed by atoms with Gasteiger partial charge in [0.15, 0.2) is 0 Å². The van der Waals surface area contributed by atoms with Crippen molar-refractivity contribution in [3.8, 4) is 0 Å². The first-order chi connectivity index (χ1) is 32.6. The molecule has 0 fully saturated rings. The Morgan fingerprint density at radius 1 is 0.493 bits per heavy atom. The second kappa shape index (κ2) is 49.1. The van der Waals surface area contributed by atoms with Crippen LogP contribution in [-0.4, -0.2) is 72.8 Å². The molecule has 3 atom stereocenters. The third kappa shape index (κ3) is 41.6. The third-order valence-corrected chi connectivity index (χ3v) is 14.0. The first kappa shape index (κ1) is 65.1. The van der Waals surface area contributed by atoms with Crippen molar-refractivity contribution in [2.24, 2.45) is 11.8 Å². The molecule has 0 aromatic carbocycles. The van der Waals surface area contributed by atoms with Crippen molar-refractivity contribution in [2.45, 2.75) is 304 Å². The molecule has 0 spiro atoms. The van der Waals surface area contributed by atoms with E-state index in [0.29, 0.717) is 49.9 Å². The molecule has 3 unspecified atom stereocenters. The van der Waals surface area contributed by atoms with Gasteiger partial charge in [0, 0.05) is 18.4 Å². The molecule has 1 amide bonds. The van der Waals surface area contributed by atoms with Gasteiger partial charge in [-0.2, -0.15) is 0 Å². The van der Waals surface area contributed by atoms with Crippen LogP contribution in [-0.2, 0) is 24.0 Å². The van der Waals surface area contributed by atoms with E-state index in [4.69, 9.17) is 9.57 Å². The number of hydrogen-bond acceptors (Lipinski definition) is 6. The number of carbonyl (C=O) groups excluding carboxylic acids is 2. The predicted molar refractivity (Wildman–Crippen MR) is 286 cm³/mol. The number of aliphatic carboxylic acids is 1. The first-order valence-electron chi connectivity index (χ1n) is 29.3. The number of allylic oxidation sites excluding steroid dienone is 1. The highest BCUT2D eigenvalue weighted by Gasteiger charge is 2.25. The number of amides is 1. The summed E-state index contributed by atoms with van der Waals surface area (Å²) in [5, 5.41) is 12.1. The van der Waals surface area contributed by atoms with E-state index in [-0.39, 0.29) is 17.9 Å². The van der Waals surface area contributed by atoms with Crippen molar-refractivity contribution in [1.82, 2.24) is 9.96 Å². The van der Waals surface area contributed by atoms with E-state index in [1.165, 1.54) is 148 Å². The Morgan fingerprint density at radius 2 is 0.925 bits per heavy atom. The molecule has 0 aliphatic heterocycles. The van der Waals surface area contributed by atoms with E-state index in [1.54, 1.807) is 5.06 Å². The van der Waals surface area contributed by atoms with Crippen LogP contribution < -0.4 is 0 Å². The molecular formula is C59H114N2O6. The van der Waals surface area contributed by atoms with E-state index in [2.05, 4.69) is 53.6 Å². The number of hydrogen-bond donors (Lipinski definition) is 1. The van der Waals surface area contributed by atoms with Gasteiger partial charge in [-0.3, -0.25) is 14.4 Å². The van der Waals surface area contributed by atoms with Gasteiger partial charge in [-0.25, -0.2) is 9.86 Å². The lowest BCUT2D eigenvalue weighted by molar-refractivity contribution is -0.203. The molecule has 396 valence electrons. The number of nitrogens with zero attached hydrogens (tertiary/aromatic N) is 2. The lowest BCUT2D eigenvalue weighted by atomic mass is 9.88. The fourth-order valence-electron chi connectivity index (χ4n) is 9.56. The van der Waals surface area contributed by atoms with Crippen LogP contribution in [0.25, 0.3) is 0 Å². The first-order valence-corrected chi connectivity index (χ1v) is 29.3. The molecule has 0 aromatic heterocycles. The van der Waals surface area contributed by atoms with Crippen LogP contribution >= 0.6 is 0 Å². The number of hydroxylamine groups is 2. The summed E-state index contributed by atoms with van der Waals surface area (Å²) in [6, 6.07) is 0.0160. The average Bonchev–Trinajstić information content (AvgIpc) is 3.31. The predicted octanol–water partition coefficient (Wildman–Crippen LogP) is 17.6. The van der Waals surface area contributed by atoms with Crippen LogP contribution in [0.4, 0.5) is 0 Å². The second-order valence-corrected chi connectivity index (χ2v) is 20.9. The smallest absolute Gasteiger partial charge is 0.331 e. The number of carbonyl (C=O) groups is 3. The zero-order valence-corrected chi connectivity index (χ0v) is 45.8. The van der Waals surface area contributed by atoms with E-state index in [9.17, 15) is 19.5 Å². The molecule has 8 nitrogen and oxygen atoms in total. The number of carboxylic acid groups (broad SMARTS) is 1. The molecule has 1 N–H and O–H groups in total. The van der Waals surface area contributed by atoms with Gasteiger partial charge in [0.25, 0.3) is 0 Å². The van der Waals surface area contributed by atoms with Gasteiger partial charge in [-0.1, -0.05) is 227 Å². The summed E-state index contributed by atoms with van der Waals surface area (Å²) in [6.45, 7) is 13.2. The maximum Gasteiger partial charge on any atom is 0.331 e. The van der Waals surface area contributed by atoms with Crippen molar-refractivity contribution in [1.29, 1.82) is 0 Å². The fraction of sp³-hybridized carbons (Fsp3) is 0.915. The fourth-order valence-corrected chi connectivity index (χ4v) is 9.56. The summed E-state index contributed by atoms with van der Waals surface area (Å²) in [5.41, 5.74) is 0.601. The molecule has 0 aliphatic rings. The third-order valence-electron chi connectivity index (χ3n) is 14.0. The average molecular weight is 948 g/mol. The molecule has 0 saturated carbocycles. The van der Waals surface area contributed by atoms with Crippen molar-refractivity contribution < 1.29 is 29.1 Å². The molecule has 8 heteroatoms. The Hall–Kier alpha value is -1.93. The van der Waals surface area contributed by atoms with Crippen molar-refractivity contribution >= 4 is 17.8 Å². The van der Waals surface area contributed by atoms with Crippen LogP contribution in [0.15, 0.2) is 11.6 Å². The zero-order valence-electron chi connectivity index (χ0n) is 45.8. The molecule has 0 aliphatic carbocycles. The Kier molecular flexibility index (Phi) is 47.7. The van der Waals surface area contributed by atoms with Crippen LogP contribution in [0.1, 0.15) is 298 Å². The number of ether oxygens (including phenoxy) is 1. The number of rotatable bonds is 52. The van der Waals surface area contributed by atoms with Gasteiger partial charge in [0.05, 0.1) is 19.3 Å². The highest BCUT2D eigenvalue weighted by Crippen LogP contribution is 2.27. The Labute approximate surface area is 416 Å². The topological polar surface area (TPSA) is 96.4 Å². The normalized spacial score (nSPS) is 13.3. The Morgan fingerprint density at radius 3 is 1.45 bits per heavy atom. The van der Waals surface area contributed by atoms with Gasteiger partial charge < -0.3 is 14.7 Å². The maximum atomic E-state index is 14.1. The largest absolute Gasteiger partial charge is 0.478 e. The minimum atomic E-state index is -0.753. The molecular weight excluding hydrogens is 833 g/mol. The van der Waals surface area contributed by atoms with Crippen LogP contribution in [0.3, 0.4) is 0 Å². The number of carboxylic acids is 1. The monoisotopic (exact) mass is 947 g/mol. The summed E-state index contributed by atoms with van der Waals surface area (Å²) >= 11 is 0. The molecule has 0 rings (SSSR count). The van der Waals surface area contributed by atoms with Crippen molar-refractivity contribution in [2.75, 3.05) is 33.9 Å².